The molecule has 1 atom stereocenters. The lowest BCUT2D eigenvalue weighted by atomic mass is 10.1. The molecule has 1 aliphatic heterocycles. The molecule has 1 saturated heterocycles. The van der Waals surface area contributed by atoms with Gasteiger partial charge in [0, 0.05) is 45.2 Å². The lowest BCUT2D eigenvalue weighted by molar-refractivity contribution is -0.132. The van der Waals surface area contributed by atoms with Gasteiger partial charge in [-0.2, -0.15) is 0 Å². The van der Waals surface area contributed by atoms with Gasteiger partial charge in [-0.1, -0.05) is 0 Å². The molecule has 1 aliphatic rings. The molecule has 140 valence electrons. The van der Waals surface area contributed by atoms with Crippen molar-refractivity contribution in [2.45, 2.75) is 23.9 Å². The first-order valence-corrected chi connectivity index (χ1v) is 9.53. The number of thioether (sulfide) groups is 1. The van der Waals surface area contributed by atoms with E-state index in [9.17, 15) is 4.79 Å². The van der Waals surface area contributed by atoms with Gasteiger partial charge in [0.1, 0.15) is 11.5 Å². The molecule has 0 unspecified atom stereocenters. The monoisotopic (exact) mass is 368 g/mol. The van der Waals surface area contributed by atoms with Gasteiger partial charge in [-0.05, 0) is 18.4 Å². The molecule has 0 N–H and O–H groups in total. The van der Waals surface area contributed by atoms with Crippen molar-refractivity contribution in [3.8, 4) is 11.5 Å². The van der Waals surface area contributed by atoms with Crippen LogP contribution < -0.4 is 9.47 Å². The molecule has 0 bridgehead atoms. The molecule has 0 saturated carbocycles. The Balaban J connectivity index is 2.21. The van der Waals surface area contributed by atoms with E-state index >= 15 is 0 Å². The molecule has 0 aromatic heterocycles. The van der Waals surface area contributed by atoms with Crippen molar-refractivity contribution in [1.82, 2.24) is 9.80 Å². The quantitative estimate of drug-likeness (QED) is 0.687. The van der Waals surface area contributed by atoms with E-state index in [1.807, 2.05) is 18.4 Å². The van der Waals surface area contributed by atoms with Gasteiger partial charge in [-0.15, -0.1) is 11.8 Å². The van der Waals surface area contributed by atoms with Crippen molar-refractivity contribution in [1.29, 1.82) is 0 Å². The summed E-state index contributed by atoms with van der Waals surface area (Å²) in [5.41, 5.74) is 1.06. The Kier molecular flexibility index (Phi) is 7.40. The molecule has 7 heteroatoms. The van der Waals surface area contributed by atoms with Crippen LogP contribution in [0.25, 0.3) is 0 Å². The van der Waals surface area contributed by atoms with E-state index < -0.39 is 0 Å². The minimum Gasteiger partial charge on any atom is -0.496 e. The summed E-state index contributed by atoms with van der Waals surface area (Å²) in [6.45, 7) is 2.74. The Hall–Kier alpha value is -1.44. The number of hydrogen-bond acceptors (Lipinski definition) is 6. The van der Waals surface area contributed by atoms with Gasteiger partial charge in [0.25, 0.3) is 0 Å². The smallest absolute Gasteiger partial charge is 0.223 e. The van der Waals surface area contributed by atoms with Crippen molar-refractivity contribution in [3.63, 3.8) is 0 Å². The fraction of sp³-hybridized carbons (Fsp3) is 0.611. The van der Waals surface area contributed by atoms with Crippen molar-refractivity contribution in [3.05, 3.63) is 17.7 Å². The van der Waals surface area contributed by atoms with Crippen LogP contribution in [0.2, 0.25) is 0 Å². The highest BCUT2D eigenvalue weighted by Crippen LogP contribution is 2.35. The van der Waals surface area contributed by atoms with Gasteiger partial charge in [-0.3, -0.25) is 9.69 Å². The molecular formula is C18H28N2O4S. The second kappa shape index (κ2) is 9.31. The lowest BCUT2D eigenvalue weighted by Crippen LogP contribution is -2.47. The van der Waals surface area contributed by atoms with Crippen molar-refractivity contribution in [2.24, 2.45) is 0 Å². The SMILES string of the molecule is COc1cc(SC)c(OC)cc1CN1CCOC[C@H]1CC(=O)N(C)C. The summed E-state index contributed by atoms with van der Waals surface area (Å²) in [6, 6.07) is 4.11. The highest BCUT2D eigenvalue weighted by atomic mass is 32.2. The number of nitrogens with zero attached hydrogens (tertiary/aromatic N) is 2. The van der Waals surface area contributed by atoms with E-state index in [1.165, 1.54) is 0 Å². The minimum atomic E-state index is 0.0691. The fourth-order valence-electron chi connectivity index (χ4n) is 2.90. The molecule has 0 aliphatic carbocycles. The highest BCUT2D eigenvalue weighted by Gasteiger charge is 2.27. The third-order valence-electron chi connectivity index (χ3n) is 4.42. The topological polar surface area (TPSA) is 51.2 Å². The van der Waals surface area contributed by atoms with Crippen LogP contribution in [0.1, 0.15) is 12.0 Å². The first-order chi connectivity index (χ1) is 12.0. The molecule has 25 heavy (non-hydrogen) atoms. The van der Waals surface area contributed by atoms with Gasteiger partial charge in [0.05, 0.1) is 32.3 Å². The third kappa shape index (κ3) is 5.03. The molecule has 1 heterocycles. The molecule has 2 rings (SSSR count). The van der Waals surface area contributed by atoms with Gasteiger partial charge in [0.15, 0.2) is 0 Å². The Labute approximate surface area is 154 Å². The number of rotatable bonds is 7. The van der Waals surface area contributed by atoms with Gasteiger partial charge < -0.3 is 19.1 Å². The number of carbonyl (C=O) groups excluding carboxylic acids is 1. The van der Waals surface area contributed by atoms with E-state index in [-0.39, 0.29) is 11.9 Å². The van der Waals surface area contributed by atoms with Crippen LogP contribution in [0.4, 0.5) is 0 Å². The van der Waals surface area contributed by atoms with Crippen LogP contribution >= 0.6 is 11.8 Å². The summed E-state index contributed by atoms with van der Waals surface area (Å²) in [5.74, 6) is 1.80. The molecule has 0 radical (unpaired) electrons. The van der Waals surface area contributed by atoms with Gasteiger partial charge in [0.2, 0.25) is 5.91 Å². The largest absolute Gasteiger partial charge is 0.496 e. The molecule has 6 nitrogen and oxygen atoms in total. The summed E-state index contributed by atoms with van der Waals surface area (Å²) in [4.78, 5) is 17.1. The van der Waals surface area contributed by atoms with Gasteiger partial charge in [-0.25, -0.2) is 0 Å². The van der Waals surface area contributed by atoms with E-state index in [4.69, 9.17) is 14.2 Å². The summed E-state index contributed by atoms with van der Waals surface area (Å²) in [6.07, 6.45) is 2.47. The second-order valence-electron chi connectivity index (χ2n) is 6.21. The molecule has 1 fully saturated rings. The Morgan fingerprint density at radius 2 is 2.04 bits per heavy atom. The maximum Gasteiger partial charge on any atom is 0.223 e. The first-order valence-electron chi connectivity index (χ1n) is 8.31. The molecule has 1 aromatic rings. The normalized spacial score (nSPS) is 18.0. The minimum absolute atomic E-state index is 0.0691. The Morgan fingerprint density at radius 1 is 1.32 bits per heavy atom. The Bertz CT molecular complexity index is 595. The second-order valence-corrected chi connectivity index (χ2v) is 7.06. The standard InChI is InChI=1S/C18H28N2O4S/c1-19(2)18(21)9-14-12-24-7-6-20(14)11-13-8-16(23-4)17(25-5)10-15(13)22-3/h8,10,14H,6-7,9,11-12H2,1-5H3/t14-/m1/s1. The number of benzene rings is 1. The predicted molar refractivity (Wildman–Crippen MR) is 99.7 cm³/mol. The number of carbonyl (C=O) groups is 1. The zero-order chi connectivity index (χ0) is 18.4. The van der Waals surface area contributed by atoms with Crippen LogP contribution in [0.5, 0.6) is 11.5 Å². The van der Waals surface area contributed by atoms with Gasteiger partial charge >= 0.3 is 0 Å². The van der Waals surface area contributed by atoms with E-state index in [1.54, 1.807) is 45.0 Å². The summed E-state index contributed by atoms with van der Waals surface area (Å²) < 4.78 is 16.7. The van der Waals surface area contributed by atoms with Crippen LogP contribution in [0.15, 0.2) is 17.0 Å². The van der Waals surface area contributed by atoms with Crippen LogP contribution in [0, 0.1) is 0 Å². The molecular weight excluding hydrogens is 340 g/mol. The molecule has 1 amide bonds. The number of morpholine rings is 1. The molecule has 0 spiro atoms. The van der Waals surface area contributed by atoms with Crippen molar-refractivity contribution < 1.29 is 19.0 Å². The van der Waals surface area contributed by atoms with E-state index in [2.05, 4.69) is 4.90 Å². The van der Waals surface area contributed by atoms with E-state index in [0.717, 1.165) is 28.5 Å². The average Bonchev–Trinajstić information content (AvgIpc) is 2.62. The average molecular weight is 368 g/mol. The number of hydrogen-bond donors (Lipinski definition) is 0. The maximum absolute atomic E-state index is 12.1. The lowest BCUT2D eigenvalue weighted by Gasteiger charge is -2.36. The summed E-state index contributed by atoms with van der Waals surface area (Å²) in [7, 11) is 6.93. The predicted octanol–water partition coefficient (Wildman–Crippen LogP) is 2.10. The van der Waals surface area contributed by atoms with Crippen molar-refractivity contribution >= 4 is 17.7 Å². The number of ether oxygens (including phenoxy) is 3. The fourth-order valence-corrected chi connectivity index (χ4v) is 3.47. The zero-order valence-electron chi connectivity index (χ0n) is 15.7. The van der Waals surface area contributed by atoms with Crippen LogP contribution in [-0.2, 0) is 16.1 Å². The number of amides is 1. The molecule has 1 aromatic carbocycles. The third-order valence-corrected chi connectivity index (χ3v) is 5.18. The zero-order valence-corrected chi connectivity index (χ0v) is 16.5. The Morgan fingerprint density at radius 3 is 2.64 bits per heavy atom. The van der Waals surface area contributed by atoms with Crippen LogP contribution in [0.3, 0.4) is 0 Å². The maximum atomic E-state index is 12.1. The summed E-state index contributed by atoms with van der Waals surface area (Å²) >= 11 is 1.63. The highest BCUT2D eigenvalue weighted by molar-refractivity contribution is 7.98. The van der Waals surface area contributed by atoms with Crippen molar-refractivity contribution in [2.75, 3.05) is 54.3 Å². The van der Waals surface area contributed by atoms with Crippen LogP contribution in [-0.4, -0.2) is 76.1 Å². The summed E-state index contributed by atoms with van der Waals surface area (Å²) in [5, 5.41) is 0. The van der Waals surface area contributed by atoms with E-state index in [0.29, 0.717) is 26.2 Å². The first kappa shape index (κ1) is 19.9. The number of methoxy groups -OCH3 is 2.